The summed E-state index contributed by atoms with van der Waals surface area (Å²) in [6, 6.07) is 13.6. The fourth-order valence-electron chi connectivity index (χ4n) is 4.78. The highest BCUT2D eigenvalue weighted by Crippen LogP contribution is 2.32. The Hall–Kier alpha value is -3.66. The minimum Gasteiger partial charge on any atom is -0.359 e. The molecule has 10 heteroatoms. The number of aromatic nitrogens is 1. The number of benzene rings is 2. The van der Waals surface area contributed by atoms with E-state index < -0.39 is 16.1 Å². The van der Waals surface area contributed by atoms with Crippen molar-refractivity contribution in [2.24, 2.45) is 11.8 Å². The van der Waals surface area contributed by atoms with Crippen molar-refractivity contribution in [2.45, 2.75) is 64.4 Å². The maximum absolute atomic E-state index is 13.4. The molecule has 0 saturated heterocycles. The molecule has 208 valence electrons. The maximum atomic E-state index is 13.4. The Balaban J connectivity index is 1.62. The van der Waals surface area contributed by atoms with E-state index in [2.05, 4.69) is 15.2 Å². The molecule has 0 spiro atoms. The van der Waals surface area contributed by atoms with Crippen molar-refractivity contribution in [1.29, 1.82) is 0 Å². The molecule has 2 N–H and O–H groups in total. The summed E-state index contributed by atoms with van der Waals surface area (Å²) in [6.45, 7) is 7.63. The number of sulfonamides is 1. The summed E-state index contributed by atoms with van der Waals surface area (Å²) in [5.74, 6) is 0.418. The van der Waals surface area contributed by atoms with Gasteiger partial charge in [-0.3, -0.25) is 14.3 Å². The van der Waals surface area contributed by atoms with Crippen molar-refractivity contribution in [3.8, 4) is 11.1 Å². The molecule has 1 heterocycles. The van der Waals surface area contributed by atoms with E-state index in [1.54, 1.807) is 50.1 Å². The van der Waals surface area contributed by atoms with Crippen LogP contribution in [0.1, 0.15) is 50.0 Å². The van der Waals surface area contributed by atoms with Crippen LogP contribution >= 0.6 is 0 Å². The van der Waals surface area contributed by atoms with E-state index in [1.807, 2.05) is 38.1 Å². The number of hydrogen-bond donors (Lipinski definition) is 2. The lowest BCUT2D eigenvalue weighted by atomic mass is 9.83. The van der Waals surface area contributed by atoms with Crippen LogP contribution in [0.4, 0.5) is 5.82 Å². The van der Waals surface area contributed by atoms with Gasteiger partial charge in [-0.25, -0.2) is 8.42 Å². The standard InChI is InChI=1S/C29H36N4O5S/c1-18(2)26(28(34)30-5)33(29(35)23-9-8-10-23)17-21-13-15-22(16-14-21)24-11-6-7-12-25(24)39(36,37)32-27-19(3)20(4)38-31-27/h6-7,11-16,18,23,26H,8-10,17H2,1-5H3,(H,30,34)(H,31,32)/t26-/m0/s1. The molecular weight excluding hydrogens is 516 g/mol. The van der Waals surface area contributed by atoms with Crippen LogP contribution < -0.4 is 10.0 Å². The van der Waals surface area contributed by atoms with Gasteiger partial charge in [0.25, 0.3) is 10.0 Å². The molecule has 39 heavy (non-hydrogen) atoms. The summed E-state index contributed by atoms with van der Waals surface area (Å²) in [5, 5.41) is 6.53. The molecule has 1 atom stereocenters. The molecule has 0 bridgehead atoms. The van der Waals surface area contributed by atoms with Crippen LogP contribution in [0.3, 0.4) is 0 Å². The van der Waals surface area contributed by atoms with E-state index in [1.165, 1.54) is 0 Å². The lowest BCUT2D eigenvalue weighted by Crippen LogP contribution is -2.53. The highest BCUT2D eigenvalue weighted by molar-refractivity contribution is 7.92. The molecule has 1 saturated carbocycles. The second kappa shape index (κ2) is 11.6. The summed E-state index contributed by atoms with van der Waals surface area (Å²) in [4.78, 5) is 28.0. The van der Waals surface area contributed by atoms with Gasteiger partial charge in [-0.15, -0.1) is 0 Å². The largest absolute Gasteiger partial charge is 0.359 e. The molecule has 0 aliphatic heterocycles. The first-order valence-corrected chi connectivity index (χ1v) is 14.7. The van der Waals surface area contributed by atoms with Gasteiger partial charge in [0.05, 0.1) is 4.90 Å². The van der Waals surface area contributed by atoms with Crippen molar-refractivity contribution in [3.05, 3.63) is 65.4 Å². The third-order valence-electron chi connectivity index (χ3n) is 7.40. The summed E-state index contributed by atoms with van der Waals surface area (Å²) in [7, 11) is -2.36. The lowest BCUT2D eigenvalue weighted by molar-refractivity contribution is -0.148. The highest BCUT2D eigenvalue weighted by atomic mass is 32.2. The second-order valence-electron chi connectivity index (χ2n) is 10.4. The average molecular weight is 553 g/mol. The Bertz CT molecular complexity index is 1440. The van der Waals surface area contributed by atoms with Crippen LogP contribution in [0.2, 0.25) is 0 Å². The summed E-state index contributed by atoms with van der Waals surface area (Å²) in [5.41, 5.74) is 2.71. The van der Waals surface area contributed by atoms with Gasteiger partial charge in [0, 0.05) is 30.6 Å². The first-order valence-electron chi connectivity index (χ1n) is 13.2. The highest BCUT2D eigenvalue weighted by Gasteiger charge is 2.37. The number of amides is 2. The van der Waals surface area contributed by atoms with Crippen molar-refractivity contribution >= 4 is 27.7 Å². The van der Waals surface area contributed by atoms with Gasteiger partial charge in [-0.05, 0) is 49.8 Å². The first kappa shape index (κ1) is 28.4. The van der Waals surface area contributed by atoms with E-state index in [9.17, 15) is 18.0 Å². The Kier molecular flexibility index (Phi) is 8.44. The lowest BCUT2D eigenvalue weighted by Gasteiger charge is -2.38. The number of nitrogens with one attached hydrogen (secondary N) is 2. The molecule has 0 radical (unpaired) electrons. The normalized spacial score (nSPS) is 14.5. The Morgan fingerprint density at radius 1 is 1.08 bits per heavy atom. The van der Waals surface area contributed by atoms with E-state index >= 15 is 0 Å². The fraction of sp³-hybridized carbons (Fsp3) is 0.414. The predicted molar refractivity (Wildman–Crippen MR) is 149 cm³/mol. The molecule has 2 amide bonds. The number of anilines is 1. The zero-order valence-corrected chi connectivity index (χ0v) is 23.8. The topological polar surface area (TPSA) is 122 Å². The smallest absolute Gasteiger partial charge is 0.263 e. The molecule has 2 aromatic carbocycles. The third-order valence-corrected chi connectivity index (χ3v) is 8.80. The number of hydrogen-bond acceptors (Lipinski definition) is 6. The first-order chi connectivity index (χ1) is 18.5. The number of rotatable bonds is 10. The van der Waals surface area contributed by atoms with Crippen molar-refractivity contribution in [3.63, 3.8) is 0 Å². The van der Waals surface area contributed by atoms with Crippen molar-refractivity contribution in [2.75, 3.05) is 11.8 Å². The number of carbonyl (C=O) groups is 2. The van der Waals surface area contributed by atoms with Gasteiger partial charge < -0.3 is 14.7 Å². The molecule has 1 aromatic heterocycles. The van der Waals surface area contributed by atoms with Crippen LogP contribution in [0.15, 0.2) is 57.9 Å². The Labute approximate surface area is 230 Å². The van der Waals surface area contributed by atoms with Crippen LogP contribution in [0, 0.1) is 25.7 Å². The number of carbonyl (C=O) groups excluding carboxylic acids is 2. The minimum atomic E-state index is -3.95. The van der Waals surface area contributed by atoms with Gasteiger partial charge >= 0.3 is 0 Å². The van der Waals surface area contributed by atoms with Crippen LogP contribution in [-0.4, -0.2) is 43.4 Å². The predicted octanol–water partition coefficient (Wildman–Crippen LogP) is 4.66. The van der Waals surface area contributed by atoms with Crippen LogP contribution in [-0.2, 0) is 26.2 Å². The third kappa shape index (κ3) is 6.00. The molecule has 1 aliphatic rings. The van der Waals surface area contributed by atoms with Crippen LogP contribution in [0.5, 0.6) is 0 Å². The van der Waals surface area contributed by atoms with E-state index in [0.29, 0.717) is 22.5 Å². The summed E-state index contributed by atoms with van der Waals surface area (Å²) < 4.78 is 34.2. The van der Waals surface area contributed by atoms with E-state index in [4.69, 9.17) is 4.52 Å². The van der Waals surface area contributed by atoms with Gasteiger partial charge in [0.1, 0.15) is 11.8 Å². The molecule has 3 aromatic rings. The van der Waals surface area contributed by atoms with E-state index in [0.717, 1.165) is 24.8 Å². The molecule has 4 rings (SSSR count). The zero-order valence-electron chi connectivity index (χ0n) is 23.0. The zero-order chi connectivity index (χ0) is 28.3. The molecule has 9 nitrogen and oxygen atoms in total. The average Bonchev–Trinajstić information content (AvgIpc) is 3.19. The molecule has 1 aliphatic carbocycles. The Morgan fingerprint density at radius 3 is 2.28 bits per heavy atom. The summed E-state index contributed by atoms with van der Waals surface area (Å²) >= 11 is 0. The van der Waals surface area contributed by atoms with Gasteiger partial charge in [-0.1, -0.05) is 67.9 Å². The number of nitrogens with zero attached hydrogens (tertiary/aromatic N) is 2. The summed E-state index contributed by atoms with van der Waals surface area (Å²) in [6.07, 6.45) is 2.72. The van der Waals surface area contributed by atoms with Crippen molar-refractivity contribution in [1.82, 2.24) is 15.4 Å². The molecule has 1 fully saturated rings. The molecular formula is C29H36N4O5S. The number of aryl methyl sites for hydroxylation is 1. The van der Waals surface area contributed by atoms with E-state index in [-0.39, 0.29) is 40.9 Å². The maximum Gasteiger partial charge on any atom is 0.263 e. The quantitative estimate of drug-likeness (QED) is 0.377. The minimum absolute atomic E-state index is 0.00789. The number of likely N-dealkylation sites (N-methyl/N-ethyl adjacent to an activating group) is 1. The monoisotopic (exact) mass is 552 g/mol. The Morgan fingerprint density at radius 2 is 1.74 bits per heavy atom. The van der Waals surface area contributed by atoms with Crippen LogP contribution in [0.25, 0.3) is 11.1 Å². The van der Waals surface area contributed by atoms with Gasteiger partial charge in [0.2, 0.25) is 11.8 Å². The van der Waals surface area contributed by atoms with Crippen molar-refractivity contribution < 1.29 is 22.5 Å². The second-order valence-corrected chi connectivity index (χ2v) is 12.1. The SMILES string of the molecule is CNC(=O)[C@H](C(C)C)N(Cc1ccc(-c2ccccc2S(=O)(=O)Nc2noc(C)c2C)cc1)C(=O)C1CCC1. The fourth-order valence-corrected chi connectivity index (χ4v) is 6.06. The van der Waals surface area contributed by atoms with Gasteiger partial charge in [-0.2, -0.15) is 0 Å². The molecule has 0 unspecified atom stereocenters. The van der Waals surface area contributed by atoms with Gasteiger partial charge in [0.15, 0.2) is 5.82 Å².